The molecule has 0 spiro atoms. The molecule has 0 atom stereocenters. The van der Waals surface area contributed by atoms with Crippen LogP contribution >= 0.6 is 0 Å². The maximum atomic E-state index is 12.5. The zero-order valence-corrected chi connectivity index (χ0v) is 13.7. The fourth-order valence-electron chi connectivity index (χ4n) is 2.10. The van der Waals surface area contributed by atoms with E-state index >= 15 is 0 Å². The number of ketones is 1. The Labute approximate surface area is 123 Å². The van der Waals surface area contributed by atoms with Crippen molar-refractivity contribution < 1.29 is 9.59 Å². The van der Waals surface area contributed by atoms with Crippen molar-refractivity contribution >= 4 is 11.7 Å². The summed E-state index contributed by atoms with van der Waals surface area (Å²) in [4.78, 5) is 28.2. The Morgan fingerprint density at radius 2 is 1.35 bits per heavy atom. The van der Waals surface area contributed by atoms with Crippen LogP contribution in [0.15, 0.2) is 11.8 Å². The minimum atomic E-state index is -0.0384. The number of likely N-dealkylation sites (N-methyl/N-ethyl adjacent to an activating group) is 2. The number of hydrogen-bond acceptors (Lipinski definition) is 3. The predicted molar refractivity (Wildman–Crippen MR) is 83.5 cm³/mol. The molecule has 0 heterocycles. The molecular weight excluding hydrogens is 252 g/mol. The lowest BCUT2D eigenvalue weighted by molar-refractivity contribution is -0.129. The zero-order chi connectivity index (χ0) is 15.5. The maximum Gasteiger partial charge on any atom is 0.270 e. The van der Waals surface area contributed by atoms with Crippen LogP contribution in [0.4, 0.5) is 0 Å². The number of unbranched alkanes of at least 4 members (excludes halogenated alkanes) is 1. The lowest BCUT2D eigenvalue weighted by Gasteiger charge is -2.28. The molecule has 0 fully saturated rings. The van der Waals surface area contributed by atoms with Gasteiger partial charge in [-0.1, -0.05) is 13.3 Å². The Bertz CT molecular complexity index is 329. The highest BCUT2D eigenvalue weighted by Crippen LogP contribution is 2.10. The first kappa shape index (κ1) is 18.7. The van der Waals surface area contributed by atoms with Gasteiger partial charge in [0.25, 0.3) is 5.91 Å². The number of carbonyl (C=O) groups is 2. The molecule has 0 aliphatic heterocycles. The molecule has 4 heteroatoms. The van der Waals surface area contributed by atoms with Gasteiger partial charge in [-0.05, 0) is 34.1 Å². The normalized spacial score (nSPS) is 11.3. The largest absolute Gasteiger partial charge is 0.368 e. The fourth-order valence-corrected chi connectivity index (χ4v) is 2.10. The number of hydrogen-bond donors (Lipinski definition) is 0. The predicted octanol–water partition coefficient (Wildman–Crippen LogP) is 2.84. The molecule has 0 radical (unpaired) electrons. The lowest BCUT2D eigenvalue weighted by Crippen LogP contribution is -2.38. The van der Waals surface area contributed by atoms with E-state index in [1.807, 2.05) is 32.6 Å². The van der Waals surface area contributed by atoms with E-state index in [0.29, 0.717) is 25.2 Å². The molecule has 0 rings (SSSR count). The van der Waals surface area contributed by atoms with Gasteiger partial charge in [0, 0.05) is 38.7 Å². The summed E-state index contributed by atoms with van der Waals surface area (Å²) in [7, 11) is 0. The molecule has 0 aromatic carbocycles. The summed E-state index contributed by atoms with van der Waals surface area (Å²) in [6, 6.07) is 0. The van der Waals surface area contributed by atoms with Crippen LogP contribution in [0.3, 0.4) is 0 Å². The van der Waals surface area contributed by atoms with Gasteiger partial charge in [-0.2, -0.15) is 0 Å². The summed E-state index contributed by atoms with van der Waals surface area (Å²) >= 11 is 0. The molecule has 0 bridgehead atoms. The molecule has 116 valence electrons. The highest BCUT2D eigenvalue weighted by atomic mass is 16.2. The van der Waals surface area contributed by atoms with Crippen LogP contribution < -0.4 is 0 Å². The smallest absolute Gasteiger partial charge is 0.270 e. The Morgan fingerprint density at radius 3 is 1.75 bits per heavy atom. The first-order valence-electron chi connectivity index (χ1n) is 7.84. The average Bonchev–Trinajstić information content (AvgIpc) is 2.46. The number of allylic oxidation sites excluding steroid dienone is 1. The van der Waals surface area contributed by atoms with Crippen LogP contribution in [0.5, 0.6) is 0 Å². The van der Waals surface area contributed by atoms with Crippen molar-refractivity contribution in [2.24, 2.45) is 0 Å². The summed E-state index contributed by atoms with van der Waals surface area (Å²) in [5, 5.41) is 0. The van der Waals surface area contributed by atoms with Crippen LogP contribution in [0.1, 0.15) is 53.9 Å². The van der Waals surface area contributed by atoms with E-state index in [4.69, 9.17) is 0 Å². The highest BCUT2D eigenvalue weighted by Gasteiger charge is 2.20. The Kier molecular flexibility index (Phi) is 9.77. The molecule has 20 heavy (non-hydrogen) atoms. The van der Waals surface area contributed by atoms with Crippen molar-refractivity contribution in [1.82, 2.24) is 9.80 Å². The summed E-state index contributed by atoms with van der Waals surface area (Å²) in [5.74, 6) is 0.0119. The van der Waals surface area contributed by atoms with Crippen LogP contribution in [0.25, 0.3) is 0 Å². The standard InChI is InChI=1S/C16H30N2O2/c1-6-11-12-14(19)13-15(17(7-2)8-3)16(20)18(9-4)10-5/h13H,6-12H2,1-5H3/b15-13+. The summed E-state index contributed by atoms with van der Waals surface area (Å²) in [5.41, 5.74) is 0.541. The van der Waals surface area contributed by atoms with Gasteiger partial charge in [0.15, 0.2) is 5.78 Å². The van der Waals surface area contributed by atoms with Gasteiger partial charge in [-0.3, -0.25) is 9.59 Å². The summed E-state index contributed by atoms with van der Waals surface area (Å²) in [6.07, 6.45) is 3.93. The number of amides is 1. The van der Waals surface area contributed by atoms with E-state index in [-0.39, 0.29) is 11.7 Å². The molecule has 0 saturated heterocycles. The van der Waals surface area contributed by atoms with Gasteiger partial charge in [-0.25, -0.2) is 0 Å². The second-order valence-corrected chi connectivity index (χ2v) is 4.75. The minimum Gasteiger partial charge on any atom is -0.368 e. The fraction of sp³-hybridized carbons (Fsp3) is 0.750. The molecule has 0 unspecified atom stereocenters. The summed E-state index contributed by atoms with van der Waals surface area (Å²) in [6.45, 7) is 12.8. The molecule has 4 nitrogen and oxygen atoms in total. The van der Waals surface area contributed by atoms with E-state index in [9.17, 15) is 9.59 Å². The molecule has 1 amide bonds. The quantitative estimate of drug-likeness (QED) is 0.579. The monoisotopic (exact) mass is 282 g/mol. The highest BCUT2D eigenvalue weighted by molar-refractivity contribution is 6.01. The Morgan fingerprint density at radius 1 is 0.850 bits per heavy atom. The van der Waals surface area contributed by atoms with Crippen molar-refractivity contribution in [3.05, 3.63) is 11.8 Å². The second kappa shape index (κ2) is 10.5. The second-order valence-electron chi connectivity index (χ2n) is 4.75. The van der Waals surface area contributed by atoms with Crippen molar-refractivity contribution in [3.8, 4) is 0 Å². The van der Waals surface area contributed by atoms with E-state index in [2.05, 4.69) is 6.92 Å². The van der Waals surface area contributed by atoms with Crippen LogP contribution in [-0.4, -0.2) is 47.7 Å². The van der Waals surface area contributed by atoms with Crippen molar-refractivity contribution in [1.29, 1.82) is 0 Å². The van der Waals surface area contributed by atoms with Crippen LogP contribution in [0.2, 0.25) is 0 Å². The van der Waals surface area contributed by atoms with Gasteiger partial charge >= 0.3 is 0 Å². The Balaban J connectivity index is 5.21. The van der Waals surface area contributed by atoms with Gasteiger partial charge < -0.3 is 9.80 Å². The number of nitrogens with zero attached hydrogens (tertiary/aromatic N) is 2. The number of rotatable bonds is 10. The zero-order valence-electron chi connectivity index (χ0n) is 13.7. The van der Waals surface area contributed by atoms with Gasteiger partial charge in [0.2, 0.25) is 0 Å². The molecule has 0 N–H and O–H groups in total. The van der Waals surface area contributed by atoms with Gasteiger partial charge in [-0.15, -0.1) is 0 Å². The summed E-state index contributed by atoms with van der Waals surface area (Å²) < 4.78 is 0. The molecule has 0 saturated carbocycles. The average molecular weight is 282 g/mol. The van der Waals surface area contributed by atoms with E-state index in [1.165, 1.54) is 0 Å². The lowest BCUT2D eigenvalue weighted by atomic mass is 10.1. The van der Waals surface area contributed by atoms with E-state index < -0.39 is 0 Å². The third-order valence-corrected chi connectivity index (χ3v) is 3.45. The SMILES string of the molecule is CCCCC(=O)/C=C(\C(=O)N(CC)CC)N(CC)CC. The molecule has 0 aliphatic rings. The van der Waals surface area contributed by atoms with Gasteiger partial charge in [0.05, 0.1) is 0 Å². The molecule has 0 aromatic heterocycles. The maximum absolute atomic E-state index is 12.5. The van der Waals surface area contributed by atoms with Crippen molar-refractivity contribution in [3.63, 3.8) is 0 Å². The first-order chi connectivity index (χ1) is 9.55. The van der Waals surface area contributed by atoms with Gasteiger partial charge in [0.1, 0.15) is 5.70 Å². The van der Waals surface area contributed by atoms with Crippen LogP contribution in [-0.2, 0) is 9.59 Å². The molecule has 0 aliphatic carbocycles. The van der Waals surface area contributed by atoms with E-state index in [1.54, 1.807) is 11.0 Å². The Hall–Kier alpha value is -1.32. The minimum absolute atomic E-state index is 0.0384. The third kappa shape index (κ3) is 5.76. The molecular formula is C16H30N2O2. The van der Waals surface area contributed by atoms with Crippen molar-refractivity contribution in [2.75, 3.05) is 26.2 Å². The first-order valence-corrected chi connectivity index (χ1v) is 7.84. The topological polar surface area (TPSA) is 40.6 Å². The van der Waals surface area contributed by atoms with E-state index in [0.717, 1.165) is 25.9 Å². The third-order valence-electron chi connectivity index (χ3n) is 3.45. The molecule has 0 aromatic rings. The van der Waals surface area contributed by atoms with Crippen LogP contribution in [0, 0.1) is 0 Å². The van der Waals surface area contributed by atoms with Crippen molar-refractivity contribution in [2.45, 2.75) is 53.9 Å². The number of carbonyl (C=O) groups excluding carboxylic acids is 2.